The molecule has 4 aromatic rings. The third kappa shape index (κ3) is 11.9. The van der Waals surface area contributed by atoms with Crippen LogP contribution >= 0.6 is 48.0 Å². The summed E-state index contributed by atoms with van der Waals surface area (Å²) in [6.07, 6.45) is 16.4. The molecule has 5 heteroatoms. The van der Waals surface area contributed by atoms with E-state index in [0.717, 1.165) is 16.5 Å². The summed E-state index contributed by atoms with van der Waals surface area (Å²) < 4.78 is 4.66. The van der Waals surface area contributed by atoms with E-state index in [-0.39, 0.29) is 46.5 Å². The molecule has 1 unspecified atom stereocenters. The van der Waals surface area contributed by atoms with Gasteiger partial charge in [-0.05, 0) is 62.3 Å². The number of hydrogen-bond donors (Lipinski definition) is 0. The normalized spacial score (nSPS) is 17.2. The zero-order valence-corrected chi connectivity index (χ0v) is 44.5. The second-order valence-electron chi connectivity index (χ2n) is 20.9. The molecule has 0 aromatic heterocycles. The van der Waals surface area contributed by atoms with Crippen molar-refractivity contribution in [3.63, 3.8) is 0 Å². The number of allylic oxidation sites excluding steroid dienone is 8. The molecule has 0 fully saturated rings. The van der Waals surface area contributed by atoms with Crippen LogP contribution in [0.15, 0.2) is 96.6 Å². The molecule has 0 heterocycles. The molecule has 0 radical (unpaired) electrons. The molecule has 0 spiro atoms. The van der Waals surface area contributed by atoms with Crippen LogP contribution in [0, 0.1) is 34.3 Å². The summed E-state index contributed by atoms with van der Waals surface area (Å²) in [5, 5.41) is 1.57. The van der Waals surface area contributed by atoms with E-state index in [4.69, 9.17) is 23.2 Å². The van der Waals surface area contributed by atoms with E-state index in [1.165, 1.54) is 78.8 Å². The molecule has 61 heavy (non-hydrogen) atoms. The van der Waals surface area contributed by atoms with Crippen molar-refractivity contribution in [3.8, 4) is 11.1 Å². The van der Waals surface area contributed by atoms with E-state index in [0.29, 0.717) is 11.3 Å². The van der Waals surface area contributed by atoms with Gasteiger partial charge in [0.1, 0.15) is 0 Å². The Morgan fingerprint density at radius 2 is 1.15 bits per heavy atom. The van der Waals surface area contributed by atoms with E-state index < -0.39 is 22.3 Å². The standard InChI is InChI=1S/C31H37.C11H17.2C7H5Cl.2ClH.Zr/c1-28(2,3)26-16-30(7,8)24-12-18-11-19-13-25-23(15-21(19)20(18)14-22(24)26)27(29(4,5)6)17-31(25,9)10;1-5-9-6-7-10(8-9)11(2,3)4;2*1-6-2-4-7(8)5-3-6;;;/h12-16H,11H2,1-10H3;7-9H,5H2,1-4H3;2*1-5H;2*1H;/q2*-1;;;;;. The Morgan fingerprint density at radius 3 is 1.57 bits per heavy atom. The number of hydrogen-bond acceptors (Lipinski definition) is 0. The van der Waals surface area contributed by atoms with Crippen LogP contribution in [0.5, 0.6) is 0 Å². The molecule has 0 bridgehead atoms. The predicted octanol–water partition coefficient (Wildman–Crippen LogP) is 16.8. The van der Waals surface area contributed by atoms with Gasteiger partial charge in [-0.3, -0.25) is 12.2 Å². The number of benzene rings is 4. The van der Waals surface area contributed by atoms with Gasteiger partial charge in [0.15, 0.2) is 0 Å². The van der Waals surface area contributed by atoms with Crippen LogP contribution in [0.25, 0.3) is 22.3 Å². The number of rotatable bonds is 3. The first-order valence-corrected chi connectivity index (χ1v) is 25.0. The van der Waals surface area contributed by atoms with Crippen LogP contribution in [-0.4, -0.2) is 7.42 Å². The minimum atomic E-state index is -0.623. The first-order chi connectivity index (χ1) is 27.4. The van der Waals surface area contributed by atoms with E-state index in [1.54, 1.807) is 0 Å². The first-order valence-electron chi connectivity index (χ1n) is 21.4. The molecule has 0 saturated carbocycles. The van der Waals surface area contributed by atoms with Gasteiger partial charge in [0.05, 0.1) is 0 Å². The van der Waals surface area contributed by atoms with Gasteiger partial charge in [-0.25, -0.2) is 11.6 Å². The van der Waals surface area contributed by atoms with Crippen molar-refractivity contribution >= 4 is 66.6 Å². The van der Waals surface area contributed by atoms with Gasteiger partial charge >= 0.3 is 123 Å². The molecular weight excluding hydrogens is 906 g/mol. The molecule has 0 N–H and O–H groups in total. The summed E-state index contributed by atoms with van der Waals surface area (Å²) in [4.78, 5) is 0. The van der Waals surface area contributed by atoms with Crippen LogP contribution < -0.4 is 0 Å². The maximum atomic E-state index is 5.84. The van der Waals surface area contributed by atoms with Gasteiger partial charge in [-0.1, -0.05) is 138 Å². The maximum absolute atomic E-state index is 5.84. The average molecular weight is 972 g/mol. The summed E-state index contributed by atoms with van der Waals surface area (Å²) in [5.74, 6) is 0.573. The zero-order chi connectivity index (χ0) is 43.3. The summed E-state index contributed by atoms with van der Waals surface area (Å²) in [6.45, 7) is 32.3. The van der Waals surface area contributed by atoms with Gasteiger partial charge in [0, 0.05) is 5.41 Å². The fourth-order valence-corrected chi connectivity index (χ4v) is 10.9. The predicted molar refractivity (Wildman–Crippen MR) is 271 cm³/mol. The monoisotopic (exact) mass is 968 g/mol. The Hall–Kier alpha value is -2.38. The molecule has 4 aliphatic carbocycles. The zero-order valence-electron chi connectivity index (χ0n) is 38.9. The molecule has 0 aliphatic heterocycles. The minimum absolute atomic E-state index is 0. The van der Waals surface area contributed by atoms with Crippen LogP contribution in [-0.2, 0) is 39.5 Å². The van der Waals surface area contributed by atoms with E-state index in [9.17, 15) is 0 Å². The van der Waals surface area contributed by atoms with Crippen LogP contribution in [0.3, 0.4) is 0 Å². The van der Waals surface area contributed by atoms with Crippen molar-refractivity contribution in [2.24, 2.45) is 22.2 Å². The summed E-state index contributed by atoms with van der Waals surface area (Å²) in [5.41, 5.74) is 19.1. The topological polar surface area (TPSA) is 0 Å². The van der Waals surface area contributed by atoms with E-state index in [2.05, 4.69) is 183 Å². The van der Waals surface area contributed by atoms with Gasteiger partial charge in [0.2, 0.25) is 0 Å². The van der Waals surface area contributed by atoms with Crippen molar-refractivity contribution < 1.29 is 22.3 Å². The van der Waals surface area contributed by atoms with Gasteiger partial charge in [-0.15, -0.1) is 36.4 Å². The molecule has 8 rings (SSSR count). The van der Waals surface area contributed by atoms with Gasteiger partial charge in [-0.2, -0.15) is 17.2 Å². The van der Waals surface area contributed by atoms with E-state index in [1.807, 2.05) is 24.3 Å². The number of halogens is 4. The Labute approximate surface area is 402 Å². The van der Waals surface area contributed by atoms with E-state index >= 15 is 0 Å². The van der Waals surface area contributed by atoms with Crippen molar-refractivity contribution in [2.45, 2.75) is 121 Å². The Bertz CT molecular complexity index is 2280. The molecule has 0 saturated heterocycles. The molecule has 0 nitrogen and oxygen atoms in total. The Balaban J connectivity index is 0.000000230. The SMILES string of the molecule is CC(C)(C)C1=[C-]C(C)(C)c2cc3c(cc21)-c1cc2c(cc1C3)C(C)(C)C=C2C(C)(C)C.CCC1[C-]=CC(C(C)(C)C)=C1.Cl.Cl.Clc1ccc([CH]=[Zr]=[CH]c2ccc(Cl)cc2)cc1. The van der Waals surface area contributed by atoms with Gasteiger partial charge in [0.25, 0.3) is 0 Å². The van der Waals surface area contributed by atoms with Crippen molar-refractivity contribution in [1.29, 1.82) is 0 Å². The van der Waals surface area contributed by atoms with Gasteiger partial charge < -0.3 is 0 Å². The van der Waals surface area contributed by atoms with Crippen molar-refractivity contribution in [2.75, 3.05) is 0 Å². The Morgan fingerprint density at radius 1 is 0.656 bits per heavy atom. The molecule has 4 aliphatic rings. The fraction of sp³-hybridized carbons (Fsp3) is 0.393. The molecular formula is C56H66Cl4Zr-2. The summed E-state index contributed by atoms with van der Waals surface area (Å²) >= 11 is 11.0. The molecule has 4 aromatic carbocycles. The quantitative estimate of drug-likeness (QED) is 0.158. The molecule has 0 amide bonds. The van der Waals surface area contributed by atoms with Crippen molar-refractivity contribution in [1.82, 2.24) is 0 Å². The summed E-state index contributed by atoms with van der Waals surface area (Å²) in [6, 6.07) is 25.9. The second kappa shape index (κ2) is 19.4. The van der Waals surface area contributed by atoms with Crippen molar-refractivity contribution in [3.05, 3.63) is 163 Å². The first kappa shape index (κ1) is 51.3. The van der Waals surface area contributed by atoms with Crippen LogP contribution in [0.2, 0.25) is 10.0 Å². The molecule has 1 atom stereocenters. The molecule has 324 valence electrons. The van der Waals surface area contributed by atoms with Crippen LogP contribution in [0.4, 0.5) is 0 Å². The Kier molecular flexibility index (Phi) is 16.3. The third-order valence-corrected chi connectivity index (χ3v) is 14.9. The number of fused-ring (bicyclic) bond motifs is 5. The second-order valence-corrected chi connectivity index (χ2v) is 24.1. The fourth-order valence-electron chi connectivity index (χ4n) is 8.51. The third-order valence-electron chi connectivity index (χ3n) is 12.0. The average Bonchev–Trinajstić information content (AvgIpc) is 3.90. The van der Waals surface area contributed by atoms with Crippen LogP contribution in [0.1, 0.15) is 148 Å². The summed E-state index contributed by atoms with van der Waals surface area (Å²) in [7, 11) is 0.